The zero-order chi connectivity index (χ0) is 25.5. The van der Waals surface area contributed by atoms with Gasteiger partial charge in [0.05, 0.1) is 29.3 Å². The van der Waals surface area contributed by atoms with Gasteiger partial charge in [-0.05, 0) is 31.9 Å². The molecule has 0 bridgehead atoms. The topological polar surface area (TPSA) is 136 Å². The molecular formula is C23H22FN5O6S. The number of aromatic nitrogens is 2. The molecule has 11 nitrogen and oxygen atoms in total. The molecule has 3 aromatic rings. The summed E-state index contributed by atoms with van der Waals surface area (Å²) in [6.45, 7) is 5.65. The summed E-state index contributed by atoms with van der Waals surface area (Å²) in [5, 5.41) is 8.64. The zero-order valence-electron chi connectivity index (χ0n) is 19.6. The maximum Gasteiger partial charge on any atom is 0.328 e. The molecule has 0 radical (unpaired) electrons. The van der Waals surface area contributed by atoms with Gasteiger partial charge in [0.1, 0.15) is 0 Å². The maximum absolute atomic E-state index is 16.1. The number of fused-ring (bicyclic) bond motifs is 5. The number of morpholine rings is 1. The number of amides is 4. The third kappa shape index (κ3) is 2.95. The van der Waals surface area contributed by atoms with Crippen LogP contribution in [0.15, 0.2) is 21.6 Å². The van der Waals surface area contributed by atoms with E-state index in [4.69, 9.17) is 9.26 Å². The summed E-state index contributed by atoms with van der Waals surface area (Å²) < 4.78 is 28.8. The van der Waals surface area contributed by atoms with Crippen molar-refractivity contribution in [3.05, 3.63) is 38.2 Å². The Morgan fingerprint density at radius 3 is 2.61 bits per heavy atom. The number of carbonyl (C=O) groups excluding carboxylic acids is 3. The molecule has 2 aromatic heterocycles. The van der Waals surface area contributed by atoms with Gasteiger partial charge in [-0.3, -0.25) is 29.6 Å². The van der Waals surface area contributed by atoms with E-state index in [0.717, 1.165) is 16.2 Å². The van der Waals surface area contributed by atoms with Crippen LogP contribution < -0.4 is 20.4 Å². The highest BCUT2D eigenvalue weighted by molar-refractivity contribution is 7.09. The average Bonchev–Trinajstić information content (AvgIpc) is 3.39. The molecule has 1 aromatic carbocycles. The lowest BCUT2D eigenvalue weighted by molar-refractivity contribution is -0.153. The number of barbiturate groups is 1. The van der Waals surface area contributed by atoms with E-state index in [2.05, 4.69) is 15.8 Å². The second-order valence-corrected chi connectivity index (χ2v) is 10.5. The lowest BCUT2D eigenvalue weighted by atomic mass is 9.66. The molecule has 4 amide bonds. The number of benzene rings is 1. The summed E-state index contributed by atoms with van der Waals surface area (Å²) in [5.74, 6) is -2.11. The van der Waals surface area contributed by atoms with Gasteiger partial charge in [-0.15, -0.1) is 0 Å². The first-order valence-electron chi connectivity index (χ1n) is 11.6. The Hall–Kier alpha value is -3.58. The molecular weight excluding hydrogens is 493 g/mol. The Labute approximate surface area is 207 Å². The van der Waals surface area contributed by atoms with Crippen LogP contribution in [0.25, 0.3) is 16.8 Å². The molecule has 2 N–H and O–H groups in total. The normalized spacial score (nSPS) is 25.1. The van der Waals surface area contributed by atoms with Crippen LogP contribution in [0.1, 0.15) is 31.2 Å². The Balaban J connectivity index is 1.60. The van der Waals surface area contributed by atoms with Gasteiger partial charge < -0.3 is 14.2 Å². The van der Waals surface area contributed by atoms with Gasteiger partial charge in [-0.25, -0.2) is 9.18 Å². The van der Waals surface area contributed by atoms with Crippen molar-refractivity contribution in [1.82, 2.24) is 20.4 Å². The van der Waals surface area contributed by atoms with Crippen LogP contribution in [0.3, 0.4) is 0 Å². The minimum atomic E-state index is -1.74. The number of ether oxygens (including phenoxy) is 1. The Bertz CT molecular complexity index is 1500. The van der Waals surface area contributed by atoms with Crippen LogP contribution in [-0.2, 0) is 27.2 Å². The highest BCUT2D eigenvalue weighted by Gasteiger charge is 2.63. The molecule has 36 heavy (non-hydrogen) atoms. The lowest BCUT2D eigenvalue weighted by Crippen LogP contribution is -2.75. The summed E-state index contributed by atoms with van der Waals surface area (Å²) in [6.07, 6.45) is 1.13. The van der Waals surface area contributed by atoms with Crippen molar-refractivity contribution in [2.45, 2.75) is 51.9 Å². The molecule has 3 aliphatic heterocycles. The first-order chi connectivity index (χ1) is 17.1. The summed E-state index contributed by atoms with van der Waals surface area (Å²) in [6, 6.07) is -0.179. The van der Waals surface area contributed by atoms with Gasteiger partial charge in [0.15, 0.2) is 17.1 Å². The fourth-order valence-corrected chi connectivity index (χ4v) is 6.57. The smallest absolute Gasteiger partial charge is 0.328 e. The van der Waals surface area contributed by atoms with E-state index < -0.39 is 41.2 Å². The molecule has 0 aliphatic carbocycles. The molecule has 3 aliphatic rings. The Morgan fingerprint density at radius 2 is 1.94 bits per heavy atom. The van der Waals surface area contributed by atoms with E-state index in [1.54, 1.807) is 24.1 Å². The first-order valence-corrected chi connectivity index (χ1v) is 12.4. The summed E-state index contributed by atoms with van der Waals surface area (Å²) in [7, 11) is 0. The third-order valence-electron chi connectivity index (χ3n) is 7.21. The minimum Gasteiger partial charge on any atom is -0.372 e. The molecule has 6 rings (SSSR count). The van der Waals surface area contributed by atoms with Crippen LogP contribution in [0, 0.1) is 11.2 Å². The van der Waals surface area contributed by atoms with Crippen LogP contribution in [-0.4, -0.2) is 52.4 Å². The van der Waals surface area contributed by atoms with Crippen molar-refractivity contribution < 1.29 is 28.0 Å². The molecule has 0 saturated carbocycles. The van der Waals surface area contributed by atoms with Crippen LogP contribution >= 0.6 is 11.3 Å². The van der Waals surface area contributed by atoms with E-state index in [9.17, 15) is 19.2 Å². The minimum absolute atomic E-state index is 0.125. The summed E-state index contributed by atoms with van der Waals surface area (Å²) in [4.78, 5) is 53.3. The number of urea groups is 1. The van der Waals surface area contributed by atoms with Gasteiger partial charge in [-0.1, -0.05) is 23.4 Å². The zero-order valence-corrected chi connectivity index (χ0v) is 20.4. The molecule has 1 spiro atoms. The van der Waals surface area contributed by atoms with Gasteiger partial charge in [0.25, 0.3) is 0 Å². The predicted molar refractivity (Wildman–Crippen MR) is 126 cm³/mol. The average molecular weight is 516 g/mol. The third-order valence-corrected chi connectivity index (χ3v) is 8.24. The predicted octanol–water partition coefficient (Wildman–Crippen LogP) is 1.63. The molecule has 3 atom stereocenters. The fraction of sp³-hybridized carbons (Fsp3) is 0.435. The van der Waals surface area contributed by atoms with E-state index in [1.807, 2.05) is 13.8 Å². The SMILES string of the molecule is CCc1cn(-c2noc3c(F)c4c(cc23)CC2(C(=O)NC(=O)NC2=O)[C@H]2[C@H](C)O[C@H](C)CN42)c(=O)s1. The number of rotatable bonds is 2. The van der Waals surface area contributed by atoms with E-state index in [0.29, 0.717) is 12.0 Å². The van der Waals surface area contributed by atoms with Gasteiger partial charge in [0, 0.05) is 24.0 Å². The van der Waals surface area contributed by atoms with Crippen molar-refractivity contribution in [2.24, 2.45) is 5.41 Å². The quantitative estimate of drug-likeness (QED) is 0.492. The van der Waals surface area contributed by atoms with Crippen LogP contribution in [0.2, 0.25) is 0 Å². The largest absolute Gasteiger partial charge is 0.372 e. The highest BCUT2D eigenvalue weighted by atomic mass is 32.1. The highest BCUT2D eigenvalue weighted by Crippen LogP contribution is 2.49. The molecule has 188 valence electrons. The summed E-state index contributed by atoms with van der Waals surface area (Å²) in [5.41, 5.74) is -1.33. The number of thiazole rings is 1. The molecule has 5 heterocycles. The molecule has 2 saturated heterocycles. The first kappa shape index (κ1) is 22.9. The number of anilines is 1. The van der Waals surface area contributed by atoms with Crippen LogP contribution in [0.4, 0.5) is 14.9 Å². The second kappa shape index (κ2) is 7.71. The number of nitrogens with zero attached hydrogens (tertiary/aromatic N) is 3. The molecule has 13 heteroatoms. The lowest BCUT2D eigenvalue weighted by Gasteiger charge is -2.55. The number of hydrogen-bond acceptors (Lipinski definition) is 9. The number of nitrogens with one attached hydrogen (secondary N) is 2. The number of aryl methyl sites for hydroxylation is 1. The van der Waals surface area contributed by atoms with Crippen molar-refractivity contribution in [1.29, 1.82) is 0 Å². The van der Waals surface area contributed by atoms with Gasteiger partial charge in [0.2, 0.25) is 17.4 Å². The fourth-order valence-electron chi connectivity index (χ4n) is 5.81. The second-order valence-electron chi connectivity index (χ2n) is 9.40. The van der Waals surface area contributed by atoms with E-state index >= 15 is 4.39 Å². The number of carbonyl (C=O) groups is 3. The van der Waals surface area contributed by atoms with Crippen LogP contribution in [0.5, 0.6) is 0 Å². The van der Waals surface area contributed by atoms with Crippen molar-refractivity contribution in [2.75, 3.05) is 11.4 Å². The Morgan fingerprint density at radius 1 is 1.22 bits per heavy atom. The van der Waals surface area contributed by atoms with Crippen molar-refractivity contribution >= 4 is 45.8 Å². The van der Waals surface area contributed by atoms with E-state index in [-0.39, 0.29) is 46.4 Å². The molecule has 0 unspecified atom stereocenters. The molecule has 2 fully saturated rings. The van der Waals surface area contributed by atoms with E-state index in [1.165, 1.54) is 4.57 Å². The van der Waals surface area contributed by atoms with Gasteiger partial charge in [-0.2, -0.15) is 0 Å². The Kier molecular flexibility index (Phi) is 4.89. The number of imide groups is 2. The number of halogens is 1. The van der Waals surface area contributed by atoms with Crippen molar-refractivity contribution in [3.63, 3.8) is 0 Å². The van der Waals surface area contributed by atoms with Gasteiger partial charge >= 0.3 is 10.9 Å². The summed E-state index contributed by atoms with van der Waals surface area (Å²) >= 11 is 1.06. The number of hydrogen-bond donors (Lipinski definition) is 2. The maximum atomic E-state index is 16.1. The standard InChI is InChI=1S/C23H22FN5O6S/c1-4-12-8-29(22(33)36-12)18-13-5-11-6-23(19(30)25-21(32)26-20(23)31)17-10(3)34-9(2)7-28(17)15(11)14(24)16(13)35-27-18/h5,8-10,17H,4,6-7H2,1-3H3,(H2,25,26,30,31,32)/t9-,10+,17-/m1/s1. The van der Waals surface area contributed by atoms with Crippen molar-refractivity contribution in [3.8, 4) is 5.82 Å². The monoisotopic (exact) mass is 515 g/mol.